The first-order chi connectivity index (χ1) is 15.1. The van der Waals surface area contributed by atoms with Crippen LogP contribution in [0.3, 0.4) is 0 Å². The summed E-state index contributed by atoms with van der Waals surface area (Å²) in [5, 5.41) is 7.25. The molecule has 8 nitrogen and oxygen atoms in total. The number of amides is 1. The van der Waals surface area contributed by atoms with Gasteiger partial charge in [0.15, 0.2) is 0 Å². The van der Waals surface area contributed by atoms with Crippen LogP contribution in [0, 0.1) is 13.8 Å². The molecule has 10 heteroatoms. The van der Waals surface area contributed by atoms with Gasteiger partial charge in [0.25, 0.3) is 0 Å². The number of anilines is 1. The van der Waals surface area contributed by atoms with Gasteiger partial charge < -0.3 is 9.84 Å². The van der Waals surface area contributed by atoms with Gasteiger partial charge in [0, 0.05) is 22.2 Å². The highest BCUT2D eigenvalue weighted by Gasteiger charge is 2.30. The number of nitrogens with one attached hydrogen (secondary N) is 2. The SMILES string of the molecule is Cc1cc(Cl)ccc1NC(=O)[C@H](C)NS(=O)(=O)c1cc(-c2noc(C3CC3)n2)ccc1C. The summed E-state index contributed by atoms with van der Waals surface area (Å²) < 4.78 is 33.9. The van der Waals surface area contributed by atoms with Crippen LogP contribution in [0.5, 0.6) is 0 Å². The number of aryl methyl sites for hydroxylation is 2. The number of benzene rings is 2. The third kappa shape index (κ3) is 4.85. The molecule has 0 bridgehead atoms. The van der Waals surface area contributed by atoms with Crippen molar-refractivity contribution in [3.8, 4) is 11.4 Å². The number of aromatic nitrogens is 2. The Morgan fingerprint density at radius 1 is 1.16 bits per heavy atom. The number of nitrogens with zero attached hydrogens (tertiary/aromatic N) is 2. The van der Waals surface area contributed by atoms with Gasteiger partial charge >= 0.3 is 0 Å². The van der Waals surface area contributed by atoms with Gasteiger partial charge in [0.1, 0.15) is 0 Å². The van der Waals surface area contributed by atoms with Crippen LogP contribution in [0.1, 0.15) is 42.7 Å². The van der Waals surface area contributed by atoms with Crippen LogP contribution in [-0.2, 0) is 14.8 Å². The van der Waals surface area contributed by atoms with Crippen molar-refractivity contribution in [2.75, 3.05) is 5.32 Å². The maximum atomic E-state index is 13.1. The lowest BCUT2D eigenvalue weighted by Gasteiger charge is -2.17. The number of sulfonamides is 1. The zero-order valence-corrected chi connectivity index (χ0v) is 19.4. The Bertz CT molecular complexity index is 1280. The summed E-state index contributed by atoms with van der Waals surface area (Å²) in [6.07, 6.45) is 2.04. The molecule has 0 radical (unpaired) electrons. The molecule has 1 amide bonds. The van der Waals surface area contributed by atoms with Gasteiger partial charge in [-0.15, -0.1) is 0 Å². The minimum Gasteiger partial charge on any atom is -0.339 e. The monoisotopic (exact) mass is 474 g/mol. The average Bonchev–Trinajstić information content (AvgIpc) is 3.47. The fourth-order valence-corrected chi connectivity index (χ4v) is 4.94. The summed E-state index contributed by atoms with van der Waals surface area (Å²) in [4.78, 5) is 17.0. The predicted octanol–water partition coefficient (Wildman–Crippen LogP) is 4.19. The van der Waals surface area contributed by atoms with E-state index in [1.807, 2.05) is 0 Å². The van der Waals surface area contributed by atoms with Crippen molar-refractivity contribution in [1.82, 2.24) is 14.9 Å². The molecule has 1 saturated carbocycles. The van der Waals surface area contributed by atoms with Crippen molar-refractivity contribution in [2.24, 2.45) is 0 Å². The highest BCUT2D eigenvalue weighted by Crippen LogP contribution is 2.39. The minimum atomic E-state index is -3.99. The Balaban J connectivity index is 1.52. The number of carbonyl (C=O) groups excluding carboxylic acids is 1. The molecule has 168 valence electrons. The summed E-state index contributed by atoms with van der Waals surface area (Å²) >= 11 is 5.94. The van der Waals surface area contributed by atoms with Gasteiger partial charge in [-0.1, -0.05) is 28.9 Å². The number of halogens is 1. The number of rotatable bonds is 7. The lowest BCUT2D eigenvalue weighted by Crippen LogP contribution is -2.41. The Morgan fingerprint density at radius 2 is 1.91 bits per heavy atom. The normalized spacial score (nSPS) is 14.9. The molecule has 1 fully saturated rings. The fourth-order valence-electron chi connectivity index (χ4n) is 3.24. The summed E-state index contributed by atoms with van der Waals surface area (Å²) in [5.74, 6) is 0.730. The summed E-state index contributed by atoms with van der Waals surface area (Å²) in [6, 6.07) is 8.95. The van der Waals surface area contributed by atoms with E-state index < -0.39 is 22.0 Å². The lowest BCUT2D eigenvalue weighted by molar-refractivity contribution is -0.117. The molecular weight excluding hydrogens is 452 g/mol. The summed E-state index contributed by atoms with van der Waals surface area (Å²) in [6.45, 7) is 4.97. The molecule has 0 saturated heterocycles. The van der Waals surface area contributed by atoms with Crippen LogP contribution >= 0.6 is 11.6 Å². The highest BCUT2D eigenvalue weighted by atomic mass is 35.5. The molecule has 3 aromatic rings. The van der Waals surface area contributed by atoms with Crippen molar-refractivity contribution in [2.45, 2.75) is 50.5 Å². The van der Waals surface area contributed by atoms with E-state index in [1.165, 1.54) is 13.0 Å². The fraction of sp³-hybridized carbons (Fsp3) is 0.318. The van der Waals surface area contributed by atoms with Gasteiger partial charge in [-0.05, 0) is 69.0 Å². The van der Waals surface area contributed by atoms with Crippen LogP contribution in [0.25, 0.3) is 11.4 Å². The average molecular weight is 475 g/mol. The Morgan fingerprint density at radius 3 is 2.59 bits per heavy atom. The summed E-state index contributed by atoms with van der Waals surface area (Å²) in [5.41, 5.74) is 2.40. The minimum absolute atomic E-state index is 0.0510. The topological polar surface area (TPSA) is 114 Å². The third-order valence-corrected chi connectivity index (χ3v) is 7.19. The van der Waals surface area contributed by atoms with Gasteiger partial charge in [0.2, 0.25) is 27.6 Å². The van der Waals surface area contributed by atoms with Crippen LogP contribution in [0.2, 0.25) is 5.02 Å². The van der Waals surface area contributed by atoms with Crippen LogP contribution < -0.4 is 10.0 Å². The van der Waals surface area contributed by atoms with Gasteiger partial charge in [-0.2, -0.15) is 9.71 Å². The maximum Gasteiger partial charge on any atom is 0.242 e. The van der Waals surface area contributed by atoms with Gasteiger partial charge in [0.05, 0.1) is 10.9 Å². The second kappa shape index (κ2) is 8.65. The quantitative estimate of drug-likeness (QED) is 0.530. The van der Waals surface area contributed by atoms with E-state index in [9.17, 15) is 13.2 Å². The Kier molecular flexibility index (Phi) is 6.07. The zero-order chi connectivity index (χ0) is 23.0. The first-order valence-electron chi connectivity index (χ1n) is 10.2. The van der Waals surface area contributed by atoms with Crippen molar-refractivity contribution < 1.29 is 17.7 Å². The highest BCUT2D eigenvalue weighted by molar-refractivity contribution is 7.89. The largest absolute Gasteiger partial charge is 0.339 e. The first-order valence-corrected chi connectivity index (χ1v) is 12.0. The molecule has 32 heavy (non-hydrogen) atoms. The van der Waals surface area contributed by atoms with Crippen molar-refractivity contribution in [1.29, 1.82) is 0 Å². The van der Waals surface area contributed by atoms with E-state index in [0.717, 1.165) is 18.4 Å². The molecule has 1 atom stereocenters. The molecule has 1 aromatic heterocycles. The van der Waals surface area contributed by atoms with Gasteiger partial charge in [-0.25, -0.2) is 8.42 Å². The van der Waals surface area contributed by atoms with E-state index >= 15 is 0 Å². The Labute approximate surface area is 191 Å². The third-order valence-electron chi connectivity index (χ3n) is 5.28. The van der Waals surface area contributed by atoms with Crippen molar-refractivity contribution in [3.05, 3.63) is 58.4 Å². The number of carbonyl (C=O) groups is 1. The molecule has 0 unspecified atom stereocenters. The molecule has 2 aromatic carbocycles. The van der Waals surface area contributed by atoms with E-state index in [-0.39, 0.29) is 4.90 Å². The van der Waals surface area contributed by atoms with E-state index in [0.29, 0.717) is 39.5 Å². The second-order valence-corrected chi connectivity index (χ2v) is 10.1. The van der Waals surface area contributed by atoms with Gasteiger partial charge in [-0.3, -0.25) is 4.79 Å². The number of hydrogen-bond donors (Lipinski definition) is 2. The zero-order valence-electron chi connectivity index (χ0n) is 17.8. The maximum absolute atomic E-state index is 13.1. The van der Waals surface area contributed by atoms with Crippen LogP contribution in [0.15, 0.2) is 45.8 Å². The molecule has 1 aliphatic carbocycles. The lowest BCUT2D eigenvalue weighted by atomic mass is 10.1. The molecule has 1 aliphatic rings. The first kappa shape index (κ1) is 22.4. The smallest absolute Gasteiger partial charge is 0.242 e. The molecule has 2 N–H and O–H groups in total. The molecule has 0 spiro atoms. The molecular formula is C22H23ClN4O4S. The number of hydrogen-bond acceptors (Lipinski definition) is 6. The van der Waals surface area contributed by atoms with Crippen molar-refractivity contribution >= 4 is 33.2 Å². The van der Waals surface area contributed by atoms with Crippen LogP contribution in [0.4, 0.5) is 5.69 Å². The van der Waals surface area contributed by atoms with Crippen LogP contribution in [-0.4, -0.2) is 30.5 Å². The van der Waals surface area contributed by atoms with E-state index in [1.54, 1.807) is 44.2 Å². The van der Waals surface area contributed by atoms with E-state index in [4.69, 9.17) is 16.1 Å². The Hall–Kier alpha value is -2.75. The summed E-state index contributed by atoms with van der Waals surface area (Å²) in [7, 11) is -3.99. The standard InChI is InChI=1S/C22H23ClN4O4S/c1-12-4-5-16(20-25-22(31-26-20)15-6-7-15)11-19(12)32(29,30)27-14(3)21(28)24-18-9-8-17(23)10-13(18)2/h4-5,8-11,14-15,27H,6-7H2,1-3H3,(H,24,28)/t14-/m0/s1. The van der Waals surface area contributed by atoms with E-state index in [2.05, 4.69) is 20.2 Å². The molecule has 0 aliphatic heterocycles. The predicted molar refractivity (Wildman–Crippen MR) is 121 cm³/mol. The van der Waals surface area contributed by atoms with Crippen molar-refractivity contribution in [3.63, 3.8) is 0 Å². The second-order valence-electron chi connectivity index (χ2n) is 8.00. The molecule has 4 rings (SSSR count). The molecule has 1 heterocycles.